The molecule has 0 saturated carbocycles. The van der Waals surface area contributed by atoms with Crippen LogP contribution >= 0.6 is 0 Å². The molecule has 0 heterocycles. The second-order valence-electron chi connectivity index (χ2n) is 21.6. The maximum Gasteiger partial charge on any atom is 0.407 e. The molecule has 6 N–H and O–H groups in total. The Bertz CT molecular complexity index is 1460. The molecule has 0 saturated heterocycles. The number of nitrogens with one attached hydrogen (secondary N) is 5. The molecule has 5 amide bonds. The van der Waals surface area contributed by atoms with Gasteiger partial charge < -0.3 is 79.1 Å². The molecule has 0 rings (SSSR count). The summed E-state index contributed by atoms with van der Waals surface area (Å²) in [5.74, 6) is -1.27. The predicted molar refractivity (Wildman–Crippen MR) is 286 cm³/mol. The number of carboxylic acid groups (broad SMARTS) is 1. The van der Waals surface area contributed by atoms with Crippen LogP contribution in [0.3, 0.4) is 0 Å². The van der Waals surface area contributed by atoms with Gasteiger partial charge in [-0.05, 0) is 89.5 Å². The summed E-state index contributed by atoms with van der Waals surface area (Å²) in [6, 6.07) is 0. The van der Waals surface area contributed by atoms with Crippen molar-refractivity contribution in [3.8, 4) is 0 Å². The van der Waals surface area contributed by atoms with Crippen LogP contribution in [0.4, 0.5) is 19.2 Å². The van der Waals surface area contributed by atoms with Crippen LogP contribution in [0, 0.1) is 0 Å². The van der Waals surface area contributed by atoms with Crippen LogP contribution < -0.4 is 26.6 Å². The molecule has 0 bridgehead atoms. The van der Waals surface area contributed by atoms with Gasteiger partial charge in [0.25, 0.3) is 0 Å². The Morgan fingerprint density at radius 2 is 0.610 bits per heavy atom. The van der Waals surface area contributed by atoms with Gasteiger partial charge in [-0.1, -0.05) is 0 Å². The summed E-state index contributed by atoms with van der Waals surface area (Å²) in [6.07, 6.45) is -1.44. The SMILES string of the molecule is CC(C)(C)OC(=O)NCCOCCN(CCOCCNC(=O)OC(C)(C)C)CC(=O)CCCOCCN(CCOCCNC(=O)CN(CCOCCNC(=O)OC(C)(C)C)CCOCCNC(=O)OC(C)(C)C)CC(=O)O. The van der Waals surface area contributed by atoms with Crippen LogP contribution in [-0.2, 0) is 61.8 Å². The van der Waals surface area contributed by atoms with E-state index in [4.69, 9.17) is 47.4 Å². The summed E-state index contributed by atoms with van der Waals surface area (Å²) in [5.41, 5.74) is -2.47. The zero-order valence-corrected chi connectivity index (χ0v) is 48.5. The highest BCUT2D eigenvalue weighted by atomic mass is 16.6. The molecule has 0 aromatic rings. The number of carbonyl (C=O) groups is 7. The molecule has 26 nitrogen and oxygen atoms in total. The average Bonchev–Trinajstić information content (AvgIpc) is 3.27. The van der Waals surface area contributed by atoms with Gasteiger partial charge in [-0.15, -0.1) is 0 Å². The number of amides is 5. The maximum absolute atomic E-state index is 13.0. The fourth-order valence-corrected chi connectivity index (χ4v) is 6.15. The van der Waals surface area contributed by atoms with Crippen molar-refractivity contribution in [2.45, 2.75) is 118 Å². The lowest BCUT2D eigenvalue weighted by molar-refractivity contribution is -0.138. The van der Waals surface area contributed by atoms with Crippen molar-refractivity contribution in [2.24, 2.45) is 0 Å². The largest absolute Gasteiger partial charge is 0.480 e. The molecule has 0 atom stereocenters. The quantitative estimate of drug-likeness (QED) is 0.0378. The fraction of sp³-hybridized carbons (Fsp3) is 0.863. The Morgan fingerprint density at radius 3 is 0.896 bits per heavy atom. The van der Waals surface area contributed by atoms with E-state index in [0.29, 0.717) is 65.5 Å². The fourth-order valence-electron chi connectivity index (χ4n) is 6.15. The van der Waals surface area contributed by atoms with Crippen molar-refractivity contribution in [1.82, 2.24) is 41.3 Å². The molecule has 0 aromatic carbocycles. The topological polar surface area (TPSA) is 302 Å². The first-order valence-corrected chi connectivity index (χ1v) is 26.5. The van der Waals surface area contributed by atoms with Crippen LogP contribution in [0.15, 0.2) is 0 Å². The van der Waals surface area contributed by atoms with E-state index in [1.807, 2.05) is 9.80 Å². The van der Waals surface area contributed by atoms with E-state index in [2.05, 4.69) is 26.6 Å². The second-order valence-corrected chi connectivity index (χ2v) is 21.6. The van der Waals surface area contributed by atoms with Gasteiger partial charge in [0, 0.05) is 85.0 Å². The number of rotatable bonds is 43. The third-order valence-corrected chi connectivity index (χ3v) is 9.41. The van der Waals surface area contributed by atoms with Gasteiger partial charge >= 0.3 is 30.3 Å². The van der Waals surface area contributed by atoms with Gasteiger partial charge in [0.1, 0.15) is 28.2 Å². The molecular weight excluding hydrogens is 1010 g/mol. The molecule has 0 fully saturated rings. The van der Waals surface area contributed by atoms with Crippen LogP contribution in [0.1, 0.15) is 95.9 Å². The molecule has 77 heavy (non-hydrogen) atoms. The van der Waals surface area contributed by atoms with E-state index < -0.39 is 52.7 Å². The first kappa shape index (κ1) is 72.3. The van der Waals surface area contributed by atoms with Crippen molar-refractivity contribution in [2.75, 3.05) is 171 Å². The number of Topliss-reactive ketones (excluding diaryl/α,β-unsaturated/α-hetero) is 1. The molecule has 0 aliphatic rings. The minimum absolute atomic E-state index is 0.00877. The van der Waals surface area contributed by atoms with E-state index >= 15 is 0 Å². The van der Waals surface area contributed by atoms with E-state index in [-0.39, 0.29) is 130 Å². The average molecular weight is 1110 g/mol. The summed E-state index contributed by atoms with van der Waals surface area (Å²) in [4.78, 5) is 90.6. The molecule has 0 aliphatic heterocycles. The lowest BCUT2D eigenvalue weighted by atomic mass is 10.2. The predicted octanol–water partition coefficient (Wildman–Crippen LogP) is 2.64. The molecule has 26 heteroatoms. The van der Waals surface area contributed by atoms with E-state index in [1.54, 1.807) is 88.0 Å². The van der Waals surface area contributed by atoms with Crippen LogP contribution in [0.5, 0.6) is 0 Å². The summed E-state index contributed by atoms with van der Waals surface area (Å²) in [7, 11) is 0. The highest BCUT2D eigenvalue weighted by molar-refractivity contribution is 5.80. The zero-order valence-electron chi connectivity index (χ0n) is 48.5. The molecule has 0 unspecified atom stereocenters. The van der Waals surface area contributed by atoms with Gasteiger partial charge in [-0.2, -0.15) is 0 Å². The highest BCUT2D eigenvalue weighted by Crippen LogP contribution is 2.09. The minimum atomic E-state index is -1.01. The van der Waals surface area contributed by atoms with Gasteiger partial charge in [-0.25, -0.2) is 19.2 Å². The van der Waals surface area contributed by atoms with Gasteiger partial charge in [0.15, 0.2) is 0 Å². The third-order valence-electron chi connectivity index (χ3n) is 9.41. The van der Waals surface area contributed by atoms with E-state index in [1.165, 1.54) is 0 Å². The number of nitrogens with zero attached hydrogens (tertiary/aromatic N) is 3. The molecule has 0 radical (unpaired) electrons. The lowest BCUT2D eigenvalue weighted by Gasteiger charge is -2.22. The monoisotopic (exact) mass is 1110 g/mol. The standard InChI is InChI=1S/C51H98N8O18/c1-48(2,3)74-44(64)53-16-28-70-33-20-57(21-34-71-29-17-54-45(65)75-49(4,5)6)38-41(60)14-13-26-68-32-24-59(40-43(62)63)25-37-69-27-15-52-42(61)39-58(22-35-72-30-18-55-46(66)76-50(7,8)9)23-36-73-31-19-56-47(67)77-51(10,11)12/h13-40H2,1-12H3,(H,52,61)(H,53,64)(H,54,65)(H,55,66)(H,56,67)(H,62,63). The van der Waals surface area contributed by atoms with Crippen molar-refractivity contribution >= 4 is 42.0 Å². The minimum Gasteiger partial charge on any atom is -0.480 e. The third kappa shape index (κ3) is 51.8. The molecular formula is C51H98N8O18. The van der Waals surface area contributed by atoms with E-state index in [9.17, 15) is 38.7 Å². The van der Waals surface area contributed by atoms with Crippen molar-refractivity contribution in [1.29, 1.82) is 0 Å². The van der Waals surface area contributed by atoms with Gasteiger partial charge in [0.05, 0.1) is 92.3 Å². The first-order valence-electron chi connectivity index (χ1n) is 26.5. The number of alkyl carbamates (subject to hydrolysis) is 4. The van der Waals surface area contributed by atoms with Crippen LogP contribution in [0.2, 0.25) is 0 Å². The number of hydrogen-bond donors (Lipinski definition) is 6. The smallest absolute Gasteiger partial charge is 0.407 e. The van der Waals surface area contributed by atoms with Crippen molar-refractivity contribution < 1.29 is 86.0 Å². The zero-order chi connectivity index (χ0) is 58.2. The summed E-state index contributed by atoms with van der Waals surface area (Å²) >= 11 is 0. The number of carbonyl (C=O) groups excluding carboxylic acids is 6. The summed E-state index contributed by atoms with van der Waals surface area (Å²) in [5, 5.41) is 22.9. The Labute approximate surface area is 457 Å². The number of hydrogen-bond acceptors (Lipinski definition) is 20. The lowest BCUT2D eigenvalue weighted by Crippen LogP contribution is -2.42. The van der Waals surface area contributed by atoms with Crippen LogP contribution in [0.25, 0.3) is 0 Å². The van der Waals surface area contributed by atoms with Gasteiger partial charge in [0.2, 0.25) is 5.91 Å². The Kier molecular flexibility index (Phi) is 38.9. The summed E-state index contributed by atoms with van der Waals surface area (Å²) < 4.78 is 55.1. The highest BCUT2D eigenvalue weighted by Gasteiger charge is 2.20. The maximum atomic E-state index is 13.0. The Balaban J connectivity index is 4.82. The van der Waals surface area contributed by atoms with E-state index in [0.717, 1.165) is 0 Å². The molecule has 450 valence electrons. The molecule has 0 aliphatic carbocycles. The molecule has 0 spiro atoms. The van der Waals surface area contributed by atoms with Crippen molar-refractivity contribution in [3.05, 3.63) is 0 Å². The van der Waals surface area contributed by atoms with Gasteiger partial charge in [-0.3, -0.25) is 29.1 Å². The normalized spacial score (nSPS) is 12.1. The second kappa shape index (κ2) is 41.4. The number of carboxylic acids is 1. The number of ketones is 1. The Morgan fingerprint density at radius 1 is 0.351 bits per heavy atom. The molecule has 0 aromatic heterocycles. The summed E-state index contributed by atoms with van der Waals surface area (Å²) in [6.45, 7) is 27.8. The number of aliphatic carboxylic acids is 1. The Hall–Kier alpha value is -4.67. The van der Waals surface area contributed by atoms with Crippen molar-refractivity contribution in [3.63, 3.8) is 0 Å². The number of ether oxygens (including phenoxy) is 10. The first-order chi connectivity index (χ1) is 36.0. The van der Waals surface area contributed by atoms with Crippen LogP contribution in [-0.4, -0.2) is 255 Å².